The second-order valence-corrected chi connectivity index (χ2v) is 5.85. The molecule has 7 heteroatoms. The predicted octanol–water partition coefficient (Wildman–Crippen LogP) is 1.89. The van der Waals surface area contributed by atoms with Crippen molar-refractivity contribution in [3.63, 3.8) is 0 Å². The number of nitrogens with one attached hydrogen (secondary N) is 1. The Morgan fingerprint density at radius 3 is 2.52 bits per heavy atom. The molecule has 1 amide bonds. The summed E-state index contributed by atoms with van der Waals surface area (Å²) in [5.41, 5.74) is 0.511. The lowest BCUT2D eigenvalue weighted by atomic mass is 10.0. The van der Waals surface area contributed by atoms with E-state index >= 15 is 0 Å². The minimum atomic E-state index is -0.131. The number of amides is 1. The first kappa shape index (κ1) is 17.0. The molecule has 1 aliphatic rings. The lowest BCUT2D eigenvalue weighted by Crippen LogP contribution is -2.45. The van der Waals surface area contributed by atoms with Gasteiger partial charge in [-0.1, -0.05) is 0 Å². The second-order valence-electron chi connectivity index (χ2n) is 5.85. The summed E-state index contributed by atoms with van der Waals surface area (Å²) in [6.07, 6.45) is 5.18. The van der Waals surface area contributed by atoms with Crippen molar-refractivity contribution in [3.8, 4) is 11.5 Å². The van der Waals surface area contributed by atoms with Gasteiger partial charge in [0.1, 0.15) is 11.5 Å². The van der Waals surface area contributed by atoms with Crippen molar-refractivity contribution in [3.05, 3.63) is 42.2 Å². The molecule has 0 spiro atoms. The Morgan fingerprint density at radius 2 is 1.88 bits per heavy atom. The van der Waals surface area contributed by atoms with Crippen molar-refractivity contribution < 1.29 is 14.3 Å². The van der Waals surface area contributed by atoms with Crippen molar-refractivity contribution in [1.82, 2.24) is 15.3 Å². The fourth-order valence-electron chi connectivity index (χ4n) is 2.93. The van der Waals surface area contributed by atoms with Crippen molar-refractivity contribution >= 4 is 11.9 Å². The Balaban J connectivity index is 1.59. The molecule has 1 aromatic carbocycles. The van der Waals surface area contributed by atoms with Crippen LogP contribution in [-0.2, 0) is 0 Å². The van der Waals surface area contributed by atoms with Gasteiger partial charge in [0.2, 0.25) is 5.95 Å². The Bertz CT molecular complexity index is 716. The fraction of sp³-hybridized carbons (Fsp3) is 0.389. The van der Waals surface area contributed by atoms with E-state index in [1.165, 1.54) is 0 Å². The van der Waals surface area contributed by atoms with Crippen LogP contribution in [0.3, 0.4) is 0 Å². The summed E-state index contributed by atoms with van der Waals surface area (Å²) in [4.78, 5) is 23.3. The van der Waals surface area contributed by atoms with E-state index in [1.54, 1.807) is 50.9 Å². The lowest BCUT2D eigenvalue weighted by molar-refractivity contribution is 0.0928. The largest absolute Gasteiger partial charge is 0.497 e. The number of piperidine rings is 1. The molecule has 1 saturated heterocycles. The van der Waals surface area contributed by atoms with Gasteiger partial charge in [-0.15, -0.1) is 0 Å². The van der Waals surface area contributed by atoms with Gasteiger partial charge in [0.25, 0.3) is 5.91 Å². The highest BCUT2D eigenvalue weighted by Gasteiger charge is 2.23. The maximum absolute atomic E-state index is 12.6. The Kier molecular flexibility index (Phi) is 5.33. The number of hydrogen-bond donors (Lipinski definition) is 1. The zero-order chi connectivity index (χ0) is 17.6. The first-order valence-electron chi connectivity index (χ1n) is 8.26. The molecule has 2 aromatic rings. The normalized spacial score (nSPS) is 14.9. The molecular formula is C18H22N4O3. The molecule has 25 heavy (non-hydrogen) atoms. The van der Waals surface area contributed by atoms with Crippen LogP contribution in [-0.4, -0.2) is 49.2 Å². The molecule has 7 nitrogen and oxygen atoms in total. The monoisotopic (exact) mass is 342 g/mol. The van der Waals surface area contributed by atoms with Crippen LogP contribution in [0.15, 0.2) is 36.7 Å². The van der Waals surface area contributed by atoms with E-state index in [0.29, 0.717) is 17.1 Å². The third-order valence-corrected chi connectivity index (χ3v) is 4.32. The number of aromatic nitrogens is 2. The van der Waals surface area contributed by atoms with Gasteiger partial charge in [-0.05, 0) is 31.0 Å². The van der Waals surface area contributed by atoms with Gasteiger partial charge in [0.15, 0.2) is 0 Å². The molecule has 2 heterocycles. The molecule has 0 unspecified atom stereocenters. The van der Waals surface area contributed by atoms with Gasteiger partial charge in [-0.2, -0.15) is 0 Å². The van der Waals surface area contributed by atoms with E-state index in [2.05, 4.69) is 20.2 Å². The summed E-state index contributed by atoms with van der Waals surface area (Å²) < 4.78 is 10.5. The maximum atomic E-state index is 12.6. The van der Waals surface area contributed by atoms with Crippen LogP contribution >= 0.6 is 0 Å². The number of carbonyl (C=O) groups is 1. The van der Waals surface area contributed by atoms with Gasteiger partial charge in [-0.25, -0.2) is 9.97 Å². The van der Waals surface area contributed by atoms with Crippen LogP contribution in [0.1, 0.15) is 23.2 Å². The van der Waals surface area contributed by atoms with E-state index < -0.39 is 0 Å². The number of rotatable bonds is 5. The van der Waals surface area contributed by atoms with Gasteiger partial charge < -0.3 is 19.7 Å². The third-order valence-electron chi connectivity index (χ3n) is 4.32. The average molecular weight is 342 g/mol. The smallest absolute Gasteiger partial charge is 0.255 e. The molecule has 0 atom stereocenters. The first-order valence-corrected chi connectivity index (χ1v) is 8.26. The third kappa shape index (κ3) is 3.99. The highest BCUT2D eigenvalue weighted by atomic mass is 16.5. The van der Waals surface area contributed by atoms with Crippen LogP contribution in [0.5, 0.6) is 11.5 Å². The van der Waals surface area contributed by atoms with Gasteiger partial charge >= 0.3 is 0 Å². The van der Waals surface area contributed by atoms with E-state index in [1.807, 2.05) is 0 Å². The summed E-state index contributed by atoms with van der Waals surface area (Å²) in [5, 5.41) is 3.09. The minimum absolute atomic E-state index is 0.124. The van der Waals surface area contributed by atoms with Gasteiger partial charge in [0, 0.05) is 37.6 Å². The molecule has 0 saturated carbocycles. The van der Waals surface area contributed by atoms with Crippen molar-refractivity contribution in [2.24, 2.45) is 0 Å². The number of benzene rings is 1. The molecule has 0 bridgehead atoms. The van der Waals surface area contributed by atoms with Gasteiger partial charge in [-0.3, -0.25) is 4.79 Å². The number of carbonyl (C=O) groups excluding carboxylic acids is 1. The van der Waals surface area contributed by atoms with Crippen LogP contribution in [0.2, 0.25) is 0 Å². The summed E-state index contributed by atoms with van der Waals surface area (Å²) in [5.74, 6) is 1.77. The molecule has 0 radical (unpaired) electrons. The zero-order valence-electron chi connectivity index (χ0n) is 14.4. The number of anilines is 1. The molecule has 0 aliphatic carbocycles. The molecule has 3 rings (SSSR count). The minimum Gasteiger partial charge on any atom is -0.497 e. The molecule has 1 fully saturated rings. The van der Waals surface area contributed by atoms with Crippen molar-refractivity contribution in [2.45, 2.75) is 18.9 Å². The number of methoxy groups -OCH3 is 2. The van der Waals surface area contributed by atoms with Gasteiger partial charge in [0.05, 0.1) is 19.8 Å². The highest BCUT2D eigenvalue weighted by Crippen LogP contribution is 2.25. The summed E-state index contributed by atoms with van der Waals surface area (Å²) in [7, 11) is 3.13. The fourth-order valence-corrected chi connectivity index (χ4v) is 2.93. The van der Waals surface area contributed by atoms with E-state index in [9.17, 15) is 4.79 Å². The summed E-state index contributed by atoms with van der Waals surface area (Å²) in [6.45, 7) is 1.63. The molecule has 132 valence electrons. The molecule has 1 N–H and O–H groups in total. The van der Waals surface area contributed by atoms with Crippen LogP contribution in [0.25, 0.3) is 0 Å². The number of ether oxygens (including phenoxy) is 2. The Labute approximate surface area is 147 Å². The van der Waals surface area contributed by atoms with Crippen LogP contribution in [0, 0.1) is 0 Å². The second kappa shape index (κ2) is 7.83. The van der Waals surface area contributed by atoms with Crippen molar-refractivity contribution in [2.75, 3.05) is 32.2 Å². The summed E-state index contributed by atoms with van der Waals surface area (Å²) in [6, 6.07) is 7.12. The molecule has 1 aromatic heterocycles. The zero-order valence-corrected chi connectivity index (χ0v) is 14.4. The van der Waals surface area contributed by atoms with Crippen molar-refractivity contribution in [1.29, 1.82) is 0 Å². The average Bonchev–Trinajstić information content (AvgIpc) is 2.68. The number of nitrogens with zero attached hydrogens (tertiary/aromatic N) is 3. The van der Waals surface area contributed by atoms with Crippen LogP contribution < -0.4 is 19.7 Å². The SMILES string of the molecule is COc1ccc(C(=O)NC2CCN(c3ncccn3)CC2)c(OC)c1. The standard InChI is InChI=1S/C18H22N4O3/c1-24-14-4-5-15(16(12-14)25-2)17(23)21-13-6-10-22(11-7-13)18-19-8-3-9-20-18/h3-5,8-9,12-13H,6-7,10-11H2,1-2H3,(H,21,23). The van der Waals surface area contributed by atoms with E-state index in [-0.39, 0.29) is 11.9 Å². The highest BCUT2D eigenvalue weighted by molar-refractivity contribution is 5.97. The molecule has 1 aliphatic heterocycles. The summed E-state index contributed by atoms with van der Waals surface area (Å²) >= 11 is 0. The maximum Gasteiger partial charge on any atom is 0.255 e. The number of hydrogen-bond acceptors (Lipinski definition) is 6. The quantitative estimate of drug-likeness (QED) is 0.894. The lowest BCUT2D eigenvalue weighted by Gasteiger charge is -2.32. The Hall–Kier alpha value is -2.83. The Morgan fingerprint density at radius 1 is 1.16 bits per heavy atom. The van der Waals surface area contributed by atoms with Crippen LogP contribution in [0.4, 0.5) is 5.95 Å². The van der Waals surface area contributed by atoms with E-state index in [4.69, 9.17) is 9.47 Å². The predicted molar refractivity (Wildman–Crippen MR) is 94.3 cm³/mol. The molecular weight excluding hydrogens is 320 g/mol. The first-order chi connectivity index (χ1) is 12.2. The van der Waals surface area contributed by atoms with E-state index in [0.717, 1.165) is 31.9 Å². The topological polar surface area (TPSA) is 76.6 Å².